The summed E-state index contributed by atoms with van der Waals surface area (Å²) in [5, 5.41) is 7.26. The van der Waals surface area contributed by atoms with E-state index in [1.807, 2.05) is 4.90 Å². The molecule has 3 heterocycles. The van der Waals surface area contributed by atoms with E-state index in [9.17, 15) is 9.59 Å². The molecule has 2 amide bonds. The highest BCUT2D eigenvalue weighted by Gasteiger charge is 2.34. The predicted molar refractivity (Wildman–Crippen MR) is 97.6 cm³/mol. The van der Waals surface area contributed by atoms with Gasteiger partial charge in [-0.3, -0.25) is 19.2 Å². The molecular weight excluding hydrogens is 330 g/mol. The Balaban J connectivity index is 1.29. The molecule has 1 aromatic heterocycles. The van der Waals surface area contributed by atoms with Gasteiger partial charge in [0.05, 0.1) is 5.92 Å². The topological polar surface area (TPSA) is 70.5 Å². The van der Waals surface area contributed by atoms with Crippen LogP contribution in [-0.2, 0) is 11.8 Å². The van der Waals surface area contributed by atoms with Crippen molar-refractivity contribution in [2.24, 2.45) is 13.0 Å². The van der Waals surface area contributed by atoms with Crippen molar-refractivity contribution < 1.29 is 9.59 Å². The van der Waals surface area contributed by atoms with Gasteiger partial charge in [-0.2, -0.15) is 5.10 Å². The third kappa shape index (κ3) is 3.77. The molecule has 1 aliphatic carbocycles. The lowest BCUT2D eigenvalue weighted by molar-refractivity contribution is -0.127. The van der Waals surface area contributed by atoms with Crippen LogP contribution in [0.1, 0.15) is 49.0 Å². The summed E-state index contributed by atoms with van der Waals surface area (Å²) >= 11 is 0. The van der Waals surface area contributed by atoms with Crippen molar-refractivity contribution in [3.8, 4) is 0 Å². The van der Waals surface area contributed by atoms with Crippen LogP contribution < -0.4 is 5.32 Å². The Morgan fingerprint density at radius 3 is 2.54 bits per heavy atom. The molecule has 7 nitrogen and oxygen atoms in total. The van der Waals surface area contributed by atoms with Crippen LogP contribution in [0.25, 0.3) is 0 Å². The van der Waals surface area contributed by atoms with Gasteiger partial charge in [-0.1, -0.05) is 0 Å². The number of carbonyl (C=O) groups excluding carboxylic acids is 2. The highest BCUT2D eigenvalue weighted by molar-refractivity contribution is 5.92. The molecule has 0 bridgehead atoms. The summed E-state index contributed by atoms with van der Waals surface area (Å²) in [6.45, 7) is 3.51. The Hall–Kier alpha value is -1.89. The third-order valence-electron chi connectivity index (χ3n) is 6.06. The molecule has 3 aliphatic rings. The van der Waals surface area contributed by atoms with E-state index in [0.29, 0.717) is 17.8 Å². The van der Waals surface area contributed by atoms with Crippen molar-refractivity contribution in [2.45, 2.75) is 50.6 Å². The van der Waals surface area contributed by atoms with Gasteiger partial charge in [0, 0.05) is 45.0 Å². The Labute approximate surface area is 154 Å². The van der Waals surface area contributed by atoms with Crippen molar-refractivity contribution in [3.05, 3.63) is 18.0 Å². The lowest BCUT2D eigenvalue weighted by Crippen LogP contribution is -2.51. The monoisotopic (exact) mass is 359 g/mol. The standard InChI is InChI=1S/C19H29N5O2/c1-22-17(6-9-20-22)19(26)23-11-7-16(8-12-23)24-10-2-3-14(13-24)18(25)21-15-4-5-15/h6,9,14-16H,2-5,7-8,10-13H2,1H3,(H,21,25)/t14-/m1/s1. The van der Waals surface area contributed by atoms with Crippen LogP contribution in [0.5, 0.6) is 0 Å². The van der Waals surface area contributed by atoms with Crippen molar-refractivity contribution in [1.82, 2.24) is 24.9 Å². The first-order valence-electron chi connectivity index (χ1n) is 9.93. The maximum atomic E-state index is 12.6. The zero-order valence-corrected chi connectivity index (χ0v) is 15.6. The molecular formula is C19H29N5O2. The number of rotatable bonds is 4. The first-order chi connectivity index (χ1) is 12.6. The lowest BCUT2D eigenvalue weighted by atomic mass is 9.93. The predicted octanol–water partition coefficient (Wildman–Crippen LogP) is 1.02. The van der Waals surface area contributed by atoms with Crippen LogP contribution in [0.2, 0.25) is 0 Å². The Kier molecular flexibility index (Phi) is 4.98. The van der Waals surface area contributed by atoms with Gasteiger partial charge < -0.3 is 10.2 Å². The molecule has 26 heavy (non-hydrogen) atoms. The maximum absolute atomic E-state index is 12.6. The summed E-state index contributed by atoms with van der Waals surface area (Å²) in [5.74, 6) is 0.461. The molecule has 0 unspecified atom stereocenters. The van der Waals surface area contributed by atoms with Gasteiger partial charge in [0.2, 0.25) is 5.91 Å². The smallest absolute Gasteiger partial charge is 0.272 e. The van der Waals surface area contributed by atoms with E-state index in [2.05, 4.69) is 15.3 Å². The molecule has 1 atom stereocenters. The quantitative estimate of drug-likeness (QED) is 0.871. The van der Waals surface area contributed by atoms with E-state index in [0.717, 1.165) is 64.7 Å². The Morgan fingerprint density at radius 1 is 1.12 bits per heavy atom. The SMILES string of the molecule is Cn1nccc1C(=O)N1CCC(N2CCC[C@@H](C(=O)NC3CC3)C2)CC1. The highest BCUT2D eigenvalue weighted by Crippen LogP contribution is 2.26. The summed E-state index contributed by atoms with van der Waals surface area (Å²) < 4.78 is 1.64. The average Bonchev–Trinajstić information content (AvgIpc) is 3.39. The zero-order chi connectivity index (χ0) is 18.1. The number of aryl methyl sites for hydroxylation is 1. The number of hydrogen-bond acceptors (Lipinski definition) is 4. The Morgan fingerprint density at radius 2 is 1.88 bits per heavy atom. The fourth-order valence-corrected chi connectivity index (χ4v) is 4.28. The minimum atomic E-state index is 0.0729. The first kappa shape index (κ1) is 17.5. The van der Waals surface area contributed by atoms with Crippen molar-refractivity contribution in [3.63, 3.8) is 0 Å². The number of hydrogen-bond donors (Lipinski definition) is 1. The van der Waals surface area contributed by atoms with Gasteiger partial charge in [0.15, 0.2) is 0 Å². The van der Waals surface area contributed by atoms with Gasteiger partial charge in [-0.25, -0.2) is 0 Å². The van der Waals surface area contributed by atoms with Crippen LogP contribution >= 0.6 is 0 Å². The van der Waals surface area contributed by atoms with Crippen LogP contribution in [-0.4, -0.2) is 69.7 Å². The summed E-state index contributed by atoms with van der Waals surface area (Å²) in [7, 11) is 1.81. The summed E-state index contributed by atoms with van der Waals surface area (Å²) in [6, 6.07) is 2.71. The number of piperidine rings is 2. The first-order valence-corrected chi connectivity index (χ1v) is 9.93. The van der Waals surface area contributed by atoms with E-state index in [1.165, 1.54) is 0 Å². The molecule has 7 heteroatoms. The largest absolute Gasteiger partial charge is 0.353 e. The zero-order valence-electron chi connectivity index (χ0n) is 15.6. The van der Waals surface area contributed by atoms with Crippen molar-refractivity contribution in [2.75, 3.05) is 26.2 Å². The summed E-state index contributed by atoms with van der Waals surface area (Å²) in [5.41, 5.74) is 0.651. The Bertz CT molecular complexity index is 661. The van der Waals surface area contributed by atoms with Crippen molar-refractivity contribution in [1.29, 1.82) is 0 Å². The molecule has 142 valence electrons. The lowest BCUT2D eigenvalue weighted by Gasteiger charge is -2.42. The van der Waals surface area contributed by atoms with Crippen LogP contribution in [0.4, 0.5) is 0 Å². The second kappa shape index (κ2) is 7.39. The molecule has 1 saturated carbocycles. The molecule has 0 aromatic carbocycles. The maximum Gasteiger partial charge on any atom is 0.272 e. The third-order valence-corrected chi connectivity index (χ3v) is 6.06. The number of nitrogens with one attached hydrogen (secondary N) is 1. The van der Waals surface area contributed by atoms with Gasteiger partial charge in [-0.15, -0.1) is 0 Å². The minimum absolute atomic E-state index is 0.0729. The summed E-state index contributed by atoms with van der Waals surface area (Å²) in [4.78, 5) is 29.4. The number of nitrogens with zero attached hydrogens (tertiary/aromatic N) is 4. The van der Waals surface area contributed by atoms with Gasteiger partial charge >= 0.3 is 0 Å². The van der Waals surface area contributed by atoms with E-state index >= 15 is 0 Å². The molecule has 0 spiro atoms. The molecule has 4 rings (SSSR count). The van der Waals surface area contributed by atoms with Crippen LogP contribution in [0, 0.1) is 5.92 Å². The van der Waals surface area contributed by atoms with E-state index in [1.54, 1.807) is 24.0 Å². The second-order valence-electron chi connectivity index (χ2n) is 7.98. The van der Waals surface area contributed by atoms with Crippen molar-refractivity contribution >= 4 is 11.8 Å². The van der Waals surface area contributed by atoms with Crippen LogP contribution in [0.15, 0.2) is 12.3 Å². The van der Waals surface area contributed by atoms with Gasteiger partial charge in [0.1, 0.15) is 5.69 Å². The van der Waals surface area contributed by atoms with Crippen LogP contribution in [0.3, 0.4) is 0 Å². The number of likely N-dealkylation sites (tertiary alicyclic amines) is 2. The second-order valence-corrected chi connectivity index (χ2v) is 7.98. The van der Waals surface area contributed by atoms with E-state index < -0.39 is 0 Å². The average molecular weight is 359 g/mol. The molecule has 1 aromatic rings. The molecule has 1 N–H and O–H groups in total. The number of amides is 2. The molecule has 0 radical (unpaired) electrons. The number of aromatic nitrogens is 2. The fourth-order valence-electron chi connectivity index (χ4n) is 4.28. The highest BCUT2D eigenvalue weighted by atomic mass is 16.2. The normalized spacial score (nSPS) is 25.3. The van der Waals surface area contributed by atoms with E-state index in [4.69, 9.17) is 0 Å². The molecule has 2 aliphatic heterocycles. The minimum Gasteiger partial charge on any atom is -0.353 e. The van der Waals surface area contributed by atoms with E-state index in [-0.39, 0.29) is 17.7 Å². The van der Waals surface area contributed by atoms with Gasteiger partial charge in [0.25, 0.3) is 5.91 Å². The number of carbonyl (C=O) groups is 2. The van der Waals surface area contributed by atoms with Gasteiger partial charge in [-0.05, 0) is 51.1 Å². The summed E-state index contributed by atoms with van der Waals surface area (Å²) in [6.07, 6.45) is 8.03. The molecule has 3 fully saturated rings. The molecule has 2 saturated heterocycles. The fraction of sp³-hybridized carbons (Fsp3) is 0.737.